The van der Waals surface area contributed by atoms with Crippen molar-refractivity contribution in [2.45, 2.75) is 45.4 Å². The van der Waals surface area contributed by atoms with Crippen LogP contribution in [0, 0.1) is 5.92 Å². The minimum Gasteiger partial charge on any atom is -0.383 e. The van der Waals surface area contributed by atoms with E-state index in [2.05, 4.69) is 33.4 Å². The van der Waals surface area contributed by atoms with Gasteiger partial charge in [-0.15, -0.1) is 0 Å². The quantitative estimate of drug-likeness (QED) is 0.552. The molecule has 0 saturated carbocycles. The average molecular weight is 407 g/mol. The van der Waals surface area contributed by atoms with Crippen molar-refractivity contribution in [2.24, 2.45) is 5.92 Å². The maximum Gasteiger partial charge on any atom is 0.232 e. The molecule has 1 aromatic rings. The zero-order valence-corrected chi connectivity index (χ0v) is 18.1. The van der Waals surface area contributed by atoms with Gasteiger partial charge in [0.2, 0.25) is 5.95 Å². The van der Waals surface area contributed by atoms with Gasteiger partial charge in [0.15, 0.2) is 5.11 Å². The van der Waals surface area contributed by atoms with Crippen LogP contribution < -0.4 is 20.4 Å². The Bertz CT molecular complexity index is 615. The van der Waals surface area contributed by atoms with Gasteiger partial charge in [0.25, 0.3) is 0 Å². The molecule has 0 spiro atoms. The number of piperidine rings is 1. The van der Waals surface area contributed by atoms with Crippen LogP contribution in [-0.2, 0) is 4.74 Å². The molecule has 2 saturated heterocycles. The number of ether oxygens (including phenoxy) is 1. The van der Waals surface area contributed by atoms with Crippen LogP contribution in [0.15, 0.2) is 6.07 Å². The summed E-state index contributed by atoms with van der Waals surface area (Å²) in [5.41, 5.74) is 0. The zero-order valence-electron chi connectivity index (χ0n) is 17.2. The van der Waals surface area contributed by atoms with Crippen LogP contribution in [0.3, 0.4) is 0 Å². The number of hydrogen-bond acceptors (Lipinski definition) is 6. The minimum atomic E-state index is 0.531. The monoisotopic (exact) mass is 406 g/mol. The van der Waals surface area contributed by atoms with E-state index in [4.69, 9.17) is 26.9 Å². The van der Waals surface area contributed by atoms with Gasteiger partial charge in [-0.3, -0.25) is 0 Å². The number of nitrogens with zero attached hydrogens (tertiary/aromatic N) is 4. The lowest BCUT2D eigenvalue weighted by molar-refractivity contribution is 0.204. The Morgan fingerprint density at radius 2 is 1.79 bits per heavy atom. The number of aromatic nitrogens is 2. The van der Waals surface area contributed by atoms with Crippen molar-refractivity contribution in [3.05, 3.63) is 6.07 Å². The normalized spacial score (nSPS) is 20.6. The van der Waals surface area contributed by atoms with Gasteiger partial charge in [0.05, 0.1) is 6.61 Å². The maximum absolute atomic E-state index is 5.40. The van der Waals surface area contributed by atoms with Crippen molar-refractivity contribution >= 4 is 34.9 Å². The molecule has 28 heavy (non-hydrogen) atoms. The van der Waals surface area contributed by atoms with Crippen LogP contribution in [0.2, 0.25) is 0 Å². The van der Waals surface area contributed by atoms with Gasteiger partial charge in [0, 0.05) is 45.9 Å². The second-order valence-electron chi connectivity index (χ2n) is 7.88. The minimum absolute atomic E-state index is 0.531. The molecule has 156 valence electrons. The predicted octanol–water partition coefficient (Wildman–Crippen LogP) is 3.03. The molecule has 3 rings (SSSR count). The smallest absolute Gasteiger partial charge is 0.232 e. The van der Waals surface area contributed by atoms with E-state index >= 15 is 0 Å². The van der Waals surface area contributed by atoms with Gasteiger partial charge in [0.1, 0.15) is 11.6 Å². The topological polar surface area (TPSA) is 65.6 Å². The molecule has 0 aromatic carbocycles. The van der Waals surface area contributed by atoms with Gasteiger partial charge in [-0.05, 0) is 43.8 Å². The lowest BCUT2D eigenvalue weighted by Gasteiger charge is -2.33. The highest BCUT2D eigenvalue weighted by Gasteiger charge is 2.21. The average Bonchev–Trinajstić information content (AvgIpc) is 2.97. The first-order chi connectivity index (χ1) is 13.7. The van der Waals surface area contributed by atoms with Gasteiger partial charge in [-0.25, -0.2) is 0 Å². The van der Waals surface area contributed by atoms with Gasteiger partial charge in [-0.2, -0.15) is 9.97 Å². The fourth-order valence-corrected chi connectivity index (χ4v) is 4.10. The maximum atomic E-state index is 5.40. The second kappa shape index (κ2) is 10.8. The third-order valence-electron chi connectivity index (χ3n) is 5.43. The fraction of sp³-hybridized carbons (Fsp3) is 0.750. The van der Waals surface area contributed by atoms with Crippen molar-refractivity contribution < 1.29 is 4.74 Å². The SMILES string of the molecule is COCCNC(=S)Nc1nc(N2CCCCCC2)cc(N2CCCC(C)C2)n1. The molecule has 1 aromatic heterocycles. The van der Waals surface area contributed by atoms with E-state index in [9.17, 15) is 0 Å². The third-order valence-corrected chi connectivity index (χ3v) is 5.67. The van der Waals surface area contributed by atoms with E-state index in [1.807, 2.05) is 0 Å². The number of rotatable bonds is 6. The molecule has 2 aliphatic heterocycles. The summed E-state index contributed by atoms with van der Waals surface area (Å²) in [6, 6.07) is 2.16. The van der Waals surface area contributed by atoms with Crippen molar-refractivity contribution in [2.75, 3.05) is 61.6 Å². The summed E-state index contributed by atoms with van der Waals surface area (Å²) in [6.45, 7) is 7.80. The number of thiocarbonyl (C=S) groups is 1. The highest BCUT2D eigenvalue weighted by Crippen LogP contribution is 2.27. The fourth-order valence-electron chi connectivity index (χ4n) is 3.91. The lowest BCUT2D eigenvalue weighted by Crippen LogP contribution is -2.36. The molecule has 8 heteroatoms. The first-order valence-electron chi connectivity index (χ1n) is 10.6. The third kappa shape index (κ3) is 6.17. The van der Waals surface area contributed by atoms with Crippen LogP contribution in [0.1, 0.15) is 45.4 Å². The number of nitrogens with one attached hydrogen (secondary N) is 2. The van der Waals surface area contributed by atoms with Crippen molar-refractivity contribution in [1.29, 1.82) is 0 Å². The summed E-state index contributed by atoms with van der Waals surface area (Å²) in [7, 11) is 1.68. The Morgan fingerprint density at radius 1 is 1.11 bits per heavy atom. The molecule has 3 heterocycles. The molecule has 0 radical (unpaired) electrons. The summed E-state index contributed by atoms with van der Waals surface area (Å²) in [4.78, 5) is 14.4. The Balaban J connectivity index is 1.79. The van der Waals surface area contributed by atoms with Gasteiger partial charge in [-0.1, -0.05) is 19.8 Å². The van der Waals surface area contributed by atoms with Crippen LogP contribution in [0.4, 0.5) is 17.6 Å². The lowest BCUT2D eigenvalue weighted by atomic mass is 10.0. The molecule has 2 fully saturated rings. The van der Waals surface area contributed by atoms with Crippen LogP contribution in [0.5, 0.6) is 0 Å². The molecule has 2 aliphatic rings. The van der Waals surface area contributed by atoms with Crippen molar-refractivity contribution in [3.8, 4) is 0 Å². The van der Waals surface area contributed by atoms with Crippen molar-refractivity contribution in [1.82, 2.24) is 15.3 Å². The van der Waals surface area contributed by atoms with E-state index in [0.29, 0.717) is 30.1 Å². The van der Waals surface area contributed by atoms with Crippen molar-refractivity contribution in [3.63, 3.8) is 0 Å². The molecule has 1 atom stereocenters. The first kappa shape index (κ1) is 21.0. The highest BCUT2D eigenvalue weighted by molar-refractivity contribution is 7.80. The molecule has 0 amide bonds. The molecular weight excluding hydrogens is 372 g/mol. The van der Waals surface area contributed by atoms with E-state index < -0.39 is 0 Å². The van der Waals surface area contributed by atoms with Crippen LogP contribution in [-0.4, -0.2) is 61.5 Å². The van der Waals surface area contributed by atoms with E-state index in [1.165, 1.54) is 38.5 Å². The number of anilines is 3. The van der Waals surface area contributed by atoms with E-state index in [-0.39, 0.29) is 0 Å². The Morgan fingerprint density at radius 3 is 2.46 bits per heavy atom. The van der Waals surface area contributed by atoms with Gasteiger partial charge >= 0.3 is 0 Å². The van der Waals surface area contributed by atoms with Crippen LogP contribution >= 0.6 is 12.2 Å². The molecule has 0 bridgehead atoms. The summed E-state index contributed by atoms with van der Waals surface area (Å²) < 4.78 is 5.07. The summed E-state index contributed by atoms with van der Waals surface area (Å²) in [5, 5.41) is 6.84. The highest BCUT2D eigenvalue weighted by atomic mass is 32.1. The van der Waals surface area contributed by atoms with Gasteiger partial charge < -0.3 is 25.2 Å². The number of methoxy groups -OCH3 is 1. The Hall–Kier alpha value is -1.67. The predicted molar refractivity (Wildman–Crippen MR) is 119 cm³/mol. The summed E-state index contributed by atoms with van der Waals surface area (Å²) >= 11 is 5.40. The Labute approximate surface area is 174 Å². The van der Waals surface area contributed by atoms with E-state index in [0.717, 1.165) is 37.8 Å². The number of hydrogen-bond donors (Lipinski definition) is 2. The zero-order chi connectivity index (χ0) is 19.8. The molecular formula is C20H34N6OS. The molecule has 7 nitrogen and oxygen atoms in total. The molecule has 0 aliphatic carbocycles. The summed E-state index contributed by atoms with van der Waals surface area (Å²) in [6.07, 6.45) is 7.55. The van der Waals surface area contributed by atoms with E-state index in [1.54, 1.807) is 7.11 Å². The standard InChI is InChI=1S/C20H34N6OS/c1-16-8-7-12-26(15-16)18-14-17(25-10-5-3-4-6-11-25)22-19(23-18)24-20(28)21-9-13-27-2/h14,16H,3-13,15H2,1-2H3,(H2,21,22,23,24,28). The first-order valence-corrected chi connectivity index (χ1v) is 11.0. The molecule has 2 N–H and O–H groups in total. The second-order valence-corrected chi connectivity index (χ2v) is 8.28. The largest absolute Gasteiger partial charge is 0.383 e. The molecule has 1 unspecified atom stereocenters. The Kier molecular flexibility index (Phi) is 8.09. The van der Waals surface area contributed by atoms with Crippen LogP contribution in [0.25, 0.3) is 0 Å². The summed E-state index contributed by atoms with van der Waals surface area (Å²) in [5.74, 6) is 3.28.